The van der Waals surface area contributed by atoms with Gasteiger partial charge in [0, 0.05) is 31.8 Å². The average Bonchev–Trinajstić information content (AvgIpc) is 3.23. The number of amides is 1. The van der Waals surface area contributed by atoms with E-state index in [-0.39, 0.29) is 0 Å². The molecule has 1 atom stereocenters. The molecule has 0 bridgehead atoms. The van der Waals surface area contributed by atoms with E-state index in [9.17, 15) is 4.79 Å². The Bertz CT molecular complexity index is 907. The van der Waals surface area contributed by atoms with Crippen LogP contribution in [0.15, 0.2) is 18.6 Å². The van der Waals surface area contributed by atoms with Crippen LogP contribution in [0.3, 0.4) is 0 Å². The molecule has 1 fully saturated rings. The third-order valence-corrected chi connectivity index (χ3v) is 5.24. The van der Waals surface area contributed by atoms with Crippen molar-refractivity contribution in [3.05, 3.63) is 29.8 Å². The fourth-order valence-electron chi connectivity index (χ4n) is 3.87. The van der Waals surface area contributed by atoms with Crippen molar-refractivity contribution < 1.29 is 9.53 Å². The molecule has 0 aromatic carbocycles. The minimum atomic E-state index is -0.657. The predicted octanol–water partition coefficient (Wildman–Crippen LogP) is 2.30. The van der Waals surface area contributed by atoms with Crippen LogP contribution < -0.4 is 5.73 Å². The molecule has 1 unspecified atom stereocenters. The lowest BCUT2D eigenvalue weighted by Gasteiger charge is -2.19. The lowest BCUT2D eigenvalue weighted by atomic mass is 9.87. The molecule has 4 rings (SSSR count). The summed E-state index contributed by atoms with van der Waals surface area (Å²) >= 11 is 0. The Morgan fingerprint density at radius 2 is 2.24 bits per heavy atom. The highest BCUT2D eigenvalue weighted by atomic mass is 16.5. The molecule has 132 valence electrons. The van der Waals surface area contributed by atoms with Crippen molar-refractivity contribution in [2.24, 2.45) is 5.73 Å². The number of nitrogens with two attached hydrogens (primary N) is 1. The van der Waals surface area contributed by atoms with Crippen molar-refractivity contribution in [3.8, 4) is 0 Å². The fraction of sp³-hybridized carbons (Fsp3) is 0.500. The third kappa shape index (κ3) is 2.89. The van der Waals surface area contributed by atoms with Gasteiger partial charge >= 0.3 is 0 Å². The van der Waals surface area contributed by atoms with Gasteiger partial charge in [0.05, 0.1) is 17.4 Å². The second kappa shape index (κ2) is 6.48. The summed E-state index contributed by atoms with van der Waals surface area (Å²) in [6.45, 7) is 0. The molecule has 3 aromatic heterocycles. The topological polar surface area (TPSA) is 98.3 Å². The third-order valence-electron chi connectivity index (χ3n) is 5.24. The van der Waals surface area contributed by atoms with E-state index in [0.717, 1.165) is 28.1 Å². The number of carbonyl (C=O) groups excluding carboxylic acids is 1. The molecular formula is C18H23N5O2. The van der Waals surface area contributed by atoms with E-state index in [4.69, 9.17) is 15.5 Å². The van der Waals surface area contributed by atoms with E-state index in [2.05, 4.69) is 20.6 Å². The van der Waals surface area contributed by atoms with Crippen molar-refractivity contribution in [2.45, 2.75) is 50.5 Å². The molecule has 0 aliphatic heterocycles. The van der Waals surface area contributed by atoms with Crippen LogP contribution >= 0.6 is 0 Å². The van der Waals surface area contributed by atoms with E-state index in [0.29, 0.717) is 12.3 Å². The molecule has 3 aromatic rings. The molecule has 1 saturated carbocycles. The highest BCUT2D eigenvalue weighted by Gasteiger charge is 2.22. The van der Waals surface area contributed by atoms with Crippen LogP contribution in [-0.4, -0.2) is 38.5 Å². The first-order valence-electron chi connectivity index (χ1n) is 8.83. The van der Waals surface area contributed by atoms with E-state index in [1.807, 2.05) is 6.20 Å². The first-order valence-corrected chi connectivity index (χ1v) is 8.83. The summed E-state index contributed by atoms with van der Waals surface area (Å²) in [4.78, 5) is 24.0. The van der Waals surface area contributed by atoms with Crippen LogP contribution in [-0.2, 0) is 16.0 Å². The molecule has 25 heavy (non-hydrogen) atoms. The second-order valence-corrected chi connectivity index (χ2v) is 6.83. The number of carbonyl (C=O) groups is 1. The Balaban J connectivity index is 1.77. The number of methoxy groups -OCH3 is 1. The highest BCUT2D eigenvalue weighted by molar-refractivity contribution is 5.82. The van der Waals surface area contributed by atoms with Crippen molar-refractivity contribution in [3.63, 3.8) is 0 Å². The number of imidazole rings is 1. The van der Waals surface area contributed by atoms with Crippen LogP contribution in [0.2, 0.25) is 0 Å². The Labute approximate surface area is 145 Å². The number of hydrogen-bond acceptors (Lipinski definition) is 4. The molecule has 7 heteroatoms. The zero-order valence-electron chi connectivity index (χ0n) is 14.4. The quantitative estimate of drug-likeness (QED) is 0.744. The Morgan fingerprint density at radius 1 is 1.44 bits per heavy atom. The number of fused-ring (bicyclic) bond motifs is 3. The van der Waals surface area contributed by atoms with Crippen LogP contribution in [0.5, 0.6) is 0 Å². The lowest BCUT2D eigenvalue weighted by molar-refractivity contribution is -0.127. The number of nitrogens with one attached hydrogen (secondary N) is 1. The maximum Gasteiger partial charge on any atom is 0.246 e. The largest absolute Gasteiger partial charge is 0.371 e. The summed E-state index contributed by atoms with van der Waals surface area (Å²) in [6, 6.07) is 0. The average molecular weight is 341 g/mol. The molecule has 1 aliphatic rings. The standard InChI is InChI=1S/C18H23N5O2/c1-25-14(17(19)24)7-12-8-20-18-16(12)23-10-13(22-15(23)9-21-18)11-5-3-2-4-6-11/h8-11,14,20H,2-7H2,1H3,(H2,19,24). The summed E-state index contributed by atoms with van der Waals surface area (Å²) < 4.78 is 7.29. The zero-order valence-corrected chi connectivity index (χ0v) is 14.4. The molecule has 0 spiro atoms. The first kappa shape index (κ1) is 16.1. The van der Waals surface area contributed by atoms with Gasteiger partial charge in [-0.05, 0) is 18.4 Å². The molecule has 1 amide bonds. The number of H-pyrrole nitrogens is 1. The van der Waals surface area contributed by atoms with Crippen LogP contribution in [0.25, 0.3) is 16.8 Å². The summed E-state index contributed by atoms with van der Waals surface area (Å²) in [6.07, 6.45) is 11.8. The lowest BCUT2D eigenvalue weighted by Crippen LogP contribution is -2.32. The number of nitrogens with zero attached hydrogens (tertiary/aromatic N) is 3. The predicted molar refractivity (Wildman–Crippen MR) is 94.4 cm³/mol. The molecule has 0 radical (unpaired) electrons. The number of rotatable bonds is 5. The maximum atomic E-state index is 11.5. The van der Waals surface area contributed by atoms with Gasteiger partial charge in [0.15, 0.2) is 11.3 Å². The van der Waals surface area contributed by atoms with Gasteiger partial charge in [-0.1, -0.05) is 19.3 Å². The first-order chi connectivity index (χ1) is 12.2. The van der Waals surface area contributed by atoms with Gasteiger partial charge in [0.1, 0.15) is 6.10 Å². The maximum absolute atomic E-state index is 11.5. The summed E-state index contributed by atoms with van der Waals surface area (Å²) in [5, 5.41) is 0. The van der Waals surface area contributed by atoms with Gasteiger partial charge in [-0.3, -0.25) is 9.20 Å². The monoisotopic (exact) mass is 341 g/mol. The summed E-state index contributed by atoms with van der Waals surface area (Å²) in [5.74, 6) is 0.0638. The molecule has 3 N–H and O–H groups in total. The van der Waals surface area contributed by atoms with Crippen molar-refractivity contribution >= 4 is 22.7 Å². The smallest absolute Gasteiger partial charge is 0.246 e. The summed E-state index contributed by atoms with van der Waals surface area (Å²) in [7, 11) is 1.50. The van der Waals surface area contributed by atoms with E-state index >= 15 is 0 Å². The normalized spacial score (nSPS) is 17.3. The number of aromatic nitrogens is 4. The van der Waals surface area contributed by atoms with E-state index in [1.165, 1.54) is 39.2 Å². The minimum Gasteiger partial charge on any atom is -0.371 e. The fourth-order valence-corrected chi connectivity index (χ4v) is 3.87. The molecule has 0 saturated heterocycles. The van der Waals surface area contributed by atoms with Gasteiger partial charge < -0.3 is 15.5 Å². The Kier molecular flexibility index (Phi) is 4.17. The Hall–Kier alpha value is -2.41. The molecular weight excluding hydrogens is 318 g/mol. The number of aromatic amines is 1. The van der Waals surface area contributed by atoms with E-state index in [1.54, 1.807) is 6.20 Å². The zero-order chi connectivity index (χ0) is 17.4. The van der Waals surface area contributed by atoms with Crippen molar-refractivity contribution in [2.75, 3.05) is 7.11 Å². The second-order valence-electron chi connectivity index (χ2n) is 6.83. The summed E-state index contributed by atoms with van der Waals surface area (Å²) in [5.41, 5.74) is 10.0. The number of hydrogen-bond donors (Lipinski definition) is 2. The highest BCUT2D eigenvalue weighted by Crippen LogP contribution is 2.33. The van der Waals surface area contributed by atoms with Crippen LogP contribution in [0.4, 0.5) is 0 Å². The van der Waals surface area contributed by atoms with Gasteiger partial charge in [-0.2, -0.15) is 0 Å². The minimum absolute atomic E-state index is 0.406. The molecule has 7 nitrogen and oxygen atoms in total. The van der Waals surface area contributed by atoms with Gasteiger partial charge in [-0.15, -0.1) is 0 Å². The van der Waals surface area contributed by atoms with E-state index < -0.39 is 12.0 Å². The van der Waals surface area contributed by atoms with Gasteiger partial charge in [0.25, 0.3) is 0 Å². The van der Waals surface area contributed by atoms with Crippen molar-refractivity contribution in [1.29, 1.82) is 0 Å². The Morgan fingerprint density at radius 3 is 2.96 bits per heavy atom. The number of ether oxygens (including phenoxy) is 1. The molecule has 1 aliphatic carbocycles. The van der Waals surface area contributed by atoms with Gasteiger partial charge in [-0.25, -0.2) is 9.97 Å². The van der Waals surface area contributed by atoms with Gasteiger partial charge in [0.2, 0.25) is 5.91 Å². The van der Waals surface area contributed by atoms with Crippen LogP contribution in [0, 0.1) is 0 Å². The number of primary amides is 1. The SMILES string of the molecule is COC(Cc1c[nH]c2ncc3nc(C4CCCCC4)cn3c12)C(N)=O. The molecule has 3 heterocycles. The van der Waals surface area contributed by atoms with Crippen LogP contribution in [0.1, 0.15) is 49.3 Å². The van der Waals surface area contributed by atoms with Crippen molar-refractivity contribution in [1.82, 2.24) is 19.4 Å².